The summed E-state index contributed by atoms with van der Waals surface area (Å²) in [5.74, 6) is -3.90. The fourth-order valence-electron chi connectivity index (χ4n) is 2.49. The van der Waals surface area contributed by atoms with Crippen LogP contribution in [0, 0.1) is 0 Å². The number of alkyl halides is 2. The lowest BCUT2D eigenvalue weighted by Crippen LogP contribution is -2.43. The predicted molar refractivity (Wildman–Crippen MR) is 71.8 cm³/mol. The minimum absolute atomic E-state index is 0.110. The largest absolute Gasteiger partial charge is 0.465 e. The smallest absolute Gasteiger partial charge is 0.405 e. The third kappa shape index (κ3) is 3.38. The molecule has 8 heteroatoms. The van der Waals surface area contributed by atoms with Gasteiger partial charge in [-0.2, -0.15) is 0 Å². The second-order valence-corrected chi connectivity index (χ2v) is 5.16. The van der Waals surface area contributed by atoms with Gasteiger partial charge in [-0.05, 0) is 18.6 Å². The molecular formula is C13H17F2N3O3. The maximum absolute atomic E-state index is 14.0. The van der Waals surface area contributed by atoms with Crippen LogP contribution in [-0.4, -0.2) is 35.2 Å². The molecule has 2 unspecified atom stereocenters. The van der Waals surface area contributed by atoms with E-state index in [1.165, 1.54) is 19.2 Å². The number of halogens is 2. The molecule has 1 aliphatic heterocycles. The zero-order chi connectivity index (χ0) is 15.6. The molecule has 2 heterocycles. The van der Waals surface area contributed by atoms with Gasteiger partial charge in [0.2, 0.25) is 0 Å². The Labute approximate surface area is 119 Å². The summed E-state index contributed by atoms with van der Waals surface area (Å²) in [6, 6.07) is 0.571. The number of carboxylic acid groups (broad SMARTS) is 1. The Morgan fingerprint density at radius 1 is 1.57 bits per heavy atom. The molecule has 4 N–H and O–H groups in total. The average Bonchev–Trinajstić information content (AvgIpc) is 2.38. The second-order valence-electron chi connectivity index (χ2n) is 5.16. The number of aromatic amines is 1. The summed E-state index contributed by atoms with van der Waals surface area (Å²) in [4.78, 5) is 24.8. The highest BCUT2D eigenvalue weighted by Crippen LogP contribution is 2.37. The Hall–Kier alpha value is -1.96. The first kappa shape index (κ1) is 15.4. The Morgan fingerprint density at radius 3 is 2.90 bits per heavy atom. The van der Waals surface area contributed by atoms with E-state index in [1.54, 1.807) is 0 Å². The van der Waals surface area contributed by atoms with Crippen LogP contribution in [0.3, 0.4) is 0 Å². The number of pyridine rings is 1. The highest BCUT2D eigenvalue weighted by Gasteiger charge is 2.42. The molecule has 1 aromatic rings. The van der Waals surface area contributed by atoms with E-state index in [2.05, 4.69) is 15.6 Å². The van der Waals surface area contributed by atoms with Crippen LogP contribution in [0.4, 0.5) is 13.6 Å². The SMILES string of the molecule is CC(NC(=O)O)c1cc(C2CNCCC2(F)F)c[nH]c1=O. The lowest BCUT2D eigenvalue weighted by atomic mass is 9.88. The van der Waals surface area contributed by atoms with Crippen LogP contribution in [0.15, 0.2) is 17.1 Å². The molecule has 0 aromatic carbocycles. The quantitative estimate of drug-likeness (QED) is 0.679. The lowest BCUT2D eigenvalue weighted by molar-refractivity contribution is -0.0480. The van der Waals surface area contributed by atoms with Gasteiger partial charge in [-0.3, -0.25) is 4.79 Å². The van der Waals surface area contributed by atoms with Gasteiger partial charge in [0.25, 0.3) is 11.5 Å². The molecular weight excluding hydrogens is 284 g/mol. The van der Waals surface area contributed by atoms with Gasteiger partial charge in [-0.15, -0.1) is 0 Å². The van der Waals surface area contributed by atoms with E-state index in [0.29, 0.717) is 5.56 Å². The molecule has 0 aliphatic carbocycles. The van der Waals surface area contributed by atoms with E-state index in [0.717, 1.165) is 0 Å². The number of amides is 1. The topological polar surface area (TPSA) is 94.2 Å². The summed E-state index contributed by atoms with van der Waals surface area (Å²) in [5.41, 5.74) is -0.0794. The average molecular weight is 301 g/mol. The molecule has 6 nitrogen and oxygen atoms in total. The first-order chi connectivity index (χ1) is 9.81. The fraction of sp³-hybridized carbons (Fsp3) is 0.538. The number of aromatic nitrogens is 1. The molecule has 0 spiro atoms. The van der Waals surface area contributed by atoms with Crippen molar-refractivity contribution in [3.8, 4) is 0 Å². The third-order valence-electron chi connectivity index (χ3n) is 3.66. The Bertz CT molecular complexity index is 588. The highest BCUT2D eigenvalue weighted by atomic mass is 19.3. The zero-order valence-corrected chi connectivity index (χ0v) is 11.5. The molecule has 0 radical (unpaired) electrons. The second kappa shape index (κ2) is 5.80. The van der Waals surface area contributed by atoms with E-state index in [9.17, 15) is 18.4 Å². The van der Waals surface area contributed by atoms with Crippen molar-refractivity contribution < 1.29 is 18.7 Å². The number of hydrogen-bond acceptors (Lipinski definition) is 3. The normalized spacial score (nSPS) is 22.5. The molecule has 1 saturated heterocycles. The van der Waals surface area contributed by atoms with Crippen LogP contribution in [0.25, 0.3) is 0 Å². The van der Waals surface area contributed by atoms with Crippen molar-refractivity contribution in [1.82, 2.24) is 15.6 Å². The van der Waals surface area contributed by atoms with Gasteiger partial charge in [-0.25, -0.2) is 13.6 Å². The van der Waals surface area contributed by atoms with Crippen molar-refractivity contribution in [2.75, 3.05) is 13.1 Å². The third-order valence-corrected chi connectivity index (χ3v) is 3.66. The molecule has 2 rings (SSSR count). The Balaban J connectivity index is 2.34. The van der Waals surface area contributed by atoms with Crippen molar-refractivity contribution in [1.29, 1.82) is 0 Å². The van der Waals surface area contributed by atoms with Crippen LogP contribution in [0.1, 0.15) is 36.4 Å². The Morgan fingerprint density at radius 2 is 2.29 bits per heavy atom. The summed E-state index contributed by atoms with van der Waals surface area (Å²) in [6.07, 6.45) is -0.281. The molecule has 116 valence electrons. The summed E-state index contributed by atoms with van der Waals surface area (Å²) in [5, 5.41) is 13.7. The van der Waals surface area contributed by atoms with Gasteiger partial charge < -0.3 is 20.7 Å². The molecule has 1 aliphatic rings. The van der Waals surface area contributed by atoms with Gasteiger partial charge in [-0.1, -0.05) is 0 Å². The van der Waals surface area contributed by atoms with E-state index in [1.807, 2.05) is 0 Å². The minimum Gasteiger partial charge on any atom is -0.465 e. The number of nitrogens with one attached hydrogen (secondary N) is 3. The number of piperidine rings is 1. The van der Waals surface area contributed by atoms with Crippen molar-refractivity contribution in [2.24, 2.45) is 0 Å². The molecule has 21 heavy (non-hydrogen) atoms. The summed E-state index contributed by atoms with van der Waals surface area (Å²) in [6.45, 7) is 1.84. The molecule has 1 fully saturated rings. The van der Waals surface area contributed by atoms with Crippen LogP contribution in [0.2, 0.25) is 0 Å². The maximum Gasteiger partial charge on any atom is 0.405 e. The van der Waals surface area contributed by atoms with Crippen LogP contribution in [-0.2, 0) is 0 Å². The molecule has 0 bridgehead atoms. The Kier molecular flexibility index (Phi) is 4.26. The molecule has 2 atom stereocenters. The van der Waals surface area contributed by atoms with Crippen LogP contribution < -0.4 is 16.2 Å². The molecule has 0 saturated carbocycles. The summed E-state index contributed by atoms with van der Waals surface area (Å²) < 4.78 is 27.9. The van der Waals surface area contributed by atoms with E-state index in [4.69, 9.17) is 5.11 Å². The predicted octanol–water partition coefficient (Wildman–Crippen LogP) is 1.42. The molecule has 1 amide bonds. The standard InChI is InChI=1S/C13H17F2N3O3/c1-7(18-12(20)21)9-4-8(5-17-11(9)19)10-6-16-3-2-13(10,14)15/h4-5,7,10,16,18H,2-3,6H2,1H3,(H,17,19)(H,20,21). The summed E-state index contributed by atoms with van der Waals surface area (Å²) in [7, 11) is 0. The minimum atomic E-state index is -2.86. The van der Waals surface area contributed by atoms with Crippen LogP contribution >= 0.6 is 0 Å². The van der Waals surface area contributed by atoms with Crippen molar-refractivity contribution in [2.45, 2.75) is 31.2 Å². The van der Waals surface area contributed by atoms with Crippen LogP contribution in [0.5, 0.6) is 0 Å². The monoisotopic (exact) mass is 301 g/mol. The maximum atomic E-state index is 14.0. The van der Waals surface area contributed by atoms with Crippen molar-refractivity contribution in [3.05, 3.63) is 33.7 Å². The highest BCUT2D eigenvalue weighted by molar-refractivity contribution is 5.65. The first-order valence-electron chi connectivity index (χ1n) is 6.62. The van der Waals surface area contributed by atoms with E-state index in [-0.39, 0.29) is 25.1 Å². The molecule has 1 aromatic heterocycles. The van der Waals surface area contributed by atoms with Crippen molar-refractivity contribution in [3.63, 3.8) is 0 Å². The van der Waals surface area contributed by atoms with Crippen molar-refractivity contribution >= 4 is 6.09 Å². The van der Waals surface area contributed by atoms with E-state index >= 15 is 0 Å². The number of H-pyrrole nitrogens is 1. The number of rotatable bonds is 3. The fourth-order valence-corrected chi connectivity index (χ4v) is 2.49. The number of hydrogen-bond donors (Lipinski definition) is 4. The van der Waals surface area contributed by atoms with E-state index < -0.39 is 29.5 Å². The van der Waals surface area contributed by atoms with Gasteiger partial charge in [0.1, 0.15) is 0 Å². The number of carbonyl (C=O) groups is 1. The van der Waals surface area contributed by atoms with Gasteiger partial charge in [0.05, 0.1) is 12.0 Å². The lowest BCUT2D eigenvalue weighted by Gasteiger charge is -2.32. The van der Waals surface area contributed by atoms with Gasteiger partial charge >= 0.3 is 6.09 Å². The summed E-state index contributed by atoms with van der Waals surface area (Å²) >= 11 is 0. The van der Waals surface area contributed by atoms with Gasteiger partial charge in [0, 0.05) is 31.3 Å². The first-order valence-corrected chi connectivity index (χ1v) is 6.62. The zero-order valence-electron chi connectivity index (χ0n) is 11.5. The van der Waals surface area contributed by atoms with Gasteiger partial charge in [0.15, 0.2) is 0 Å².